The van der Waals surface area contributed by atoms with Crippen molar-refractivity contribution in [1.82, 2.24) is 0 Å². The summed E-state index contributed by atoms with van der Waals surface area (Å²) in [6, 6.07) is 0. The van der Waals surface area contributed by atoms with Crippen LogP contribution in [0, 0.1) is 0 Å². The lowest BCUT2D eigenvalue weighted by Gasteiger charge is -2.14. The topological polar surface area (TPSA) is 55.8 Å². The summed E-state index contributed by atoms with van der Waals surface area (Å²) < 4.78 is 9.86. The fourth-order valence-electron chi connectivity index (χ4n) is 0.699. The van der Waals surface area contributed by atoms with Gasteiger partial charge in [-0.1, -0.05) is 0 Å². The Morgan fingerprint density at radius 2 is 2.08 bits per heavy atom. The first kappa shape index (κ1) is 11.4. The highest BCUT2D eigenvalue weighted by molar-refractivity contribution is 5.37. The Morgan fingerprint density at radius 3 is 2.58 bits per heavy atom. The van der Waals surface area contributed by atoms with Crippen LogP contribution in [-0.4, -0.2) is 37.0 Å². The Morgan fingerprint density at radius 1 is 1.42 bits per heavy atom. The van der Waals surface area contributed by atoms with Crippen molar-refractivity contribution in [3.63, 3.8) is 0 Å². The van der Waals surface area contributed by atoms with Gasteiger partial charge >= 0.3 is 0 Å². The first-order chi connectivity index (χ1) is 5.70. The zero-order valence-electron chi connectivity index (χ0n) is 7.53. The van der Waals surface area contributed by atoms with Gasteiger partial charge in [-0.2, -0.15) is 0 Å². The minimum absolute atomic E-state index is 0.00713. The number of aliphatic hydroxyl groups is 1. The molecule has 0 aliphatic heterocycles. The highest BCUT2D eigenvalue weighted by Crippen LogP contribution is 1.98. The maximum atomic E-state index is 9.87. The van der Waals surface area contributed by atoms with Crippen LogP contribution < -0.4 is 0 Å². The van der Waals surface area contributed by atoms with Gasteiger partial charge in [-0.05, 0) is 20.3 Å². The molecule has 0 aromatic carbocycles. The van der Waals surface area contributed by atoms with Gasteiger partial charge in [0.2, 0.25) is 0 Å². The number of carbonyl (C=O) groups is 1. The summed E-state index contributed by atoms with van der Waals surface area (Å²) in [4.78, 5) is 9.87. The number of hydrogen-bond donors (Lipinski definition) is 1. The van der Waals surface area contributed by atoms with Crippen LogP contribution in [0.1, 0.15) is 20.3 Å². The molecule has 4 heteroatoms. The van der Waals surface area contributed by atoms with E-state index in [9.17, 15) is 4.79 Å². The number of aliphatic hydroxyl groups excluding tert-OH is 1. The van der Waals surface area contributed by atoms with E-state index in [-0.39, 0.29) is 18.8 Å². The average Bonchev–Trinajstić information content (AvgIpc) is 2.02. The summed E-state index contributed by atoms with van der Waals surface area (Å²) in [6.07, 6.45) is 0.393. The van der Waals surface area contributed by atoms with E-state index < -0.39 is 0 Å². The van der Waals surface area contributed by atoms with Gasteiger partial charge in [0.15, 0.2) is 0 Å². The molecule has 0 aliphatic rings. The van der Waals surface area contributed by atoms with E-state index in [0.29, 0.717) is 19.5 Å². The molecule has 1 N–H and O–H groups in total. The molecule has 2 unspecified atom stereocenters. The highest BCUT2D eigenvalue weighted by Gasteiger charge is 2.05. The Kier molecular flexibility index (Phi) is 6.70. The molecule has 0 saturated carbocycles. The van der Waals surface area contributed by atoms with Crippen LogP contribution in [-0.2, 0) is 14.3 Å². The molecular formula is C8H16O4. The predicted octanol–water partition coefficient (Wildman–Crippen LogP) is 0.335. The second-order valence-electron chi connectivity index (χ2n) is 2.70. The van der Waals surface area contributed by atoms with Gasteiger partial charge in [0.05, 0.1) is 12.7 Å². The zero-order chi connectivity index (χ0) is 9.40. The lowest BCUT2D eigenvalue weighted by Crippen LogP contribution is -2.20. The van der Waals surface area contributed by atoms with Crippen LogP contribution >= 0.6 is 0 Å². The van der Waals surface area contributed by atoms with E-state index in [0.717, 1.165) is 0 Å². The second kappa shape index (κ2) is 7.06. The van der Waals surface area contributed by atoms with Crippen LogP contribution in [0.2, 0.25) is 0 Å². The second-order valence-corrected chi connectivity index (χ2v) is 2.70. The third-order valence-corrected chi connectivity index (χ3v) is 1.44. The van der Waals surface area contributed by atoms with Gasteiger partial charge in [-0.15, -0.1) is 0 Å². The molecule has 12 heavy (non-hydrogen) atoms. The standard InChI is InChI=1S/C8H16O4/c1-7(3-4-9)11-5-8(2)12-6-10/h6-9H,3-5H2,1-2H3. The van der Waals surface area contributed by atoms with E-state index in [4.69, 9.17) is 9.84 Å². The molecule has 0 rings (SSSR count). The Hall–Kier alpha value is -0.610. The van der Waals surface area contributed by atoms with Gasteiger partial charge in [0, 0.05) is 6.61 Å². The summed E-state index contributed by atoms with van der Waals surface area (Å²) in [7, 11) is 0. The monoisotopic (exact) mass is 176 g/mol. The van der Waals surface area contributed by atoms with Crippen molar-refractivity contribution in [3.8, 4) is 0 Å². The third kappa shape index (κ3) is 6.12. The molecule has 0 aromatic rings. The number of ether oxygens (including phenoxy) is 2. The first-order valence-corrected chi connectivity index (χ1v) is 4.02. The molecule has 0 aromatic heterocycles. The molecule has 2 atom stereocenters. The van der Waals surface area contributed by atoms with Crippen molar-refractivity contribution in [2.75, 3.05) is 13.2 Å². The SMILES string of the molecule is CC(COC(C)CCO)OC=O. The Labute approximate surface area is 72.5 Å². The molecular weight excluding hydrogens is 160 g/mol. The van der Waals surface area contributed by atoms with E-state index in [2.05, 4.69) is 4.74 Å². The van der Waals surface area contributed by atoms with Gasteiger partial charge < -0.3 is 14.6 Å². The average molecular weight is 176 g/mol. The van der Waals surface area contributed by atoms with E-state index in [1.54, 1.807) is 6.92 Å². The number of rotatable bonds is 7. The van der Waals surface area contributed by atoms with Gasteiger partial charge in [0.1, 0.15) is 6.10 Å². The maximum Gasteiger partial charge on any atom is 0.293 e. The van der Waals surface area contributed by atoms with E-state index in [1.165, 1.54) is 0 Å². The van der Waals surface area contributed by atoms with Crippen LogP contribution in [0.25, 0.3) is 0 Å². The molecule has 0 aliphatic carbocycles. The summed E-state index contributed by atoms with van der Waals surface area (Å²) in [5.74, 6) is 0. The Bertz CT molecular complexity index is 116. The quantitative estimate of drug-likeness (QED) is 0.568. The molecule has 0 fully saturated rings. The fraction of sp³-hybridized carbons (Fsp3) is 0.875. The van der Waals surface area contributed by atoms with Crippen molar-refractivity contribution in [1.29, 1.82) is 0 Å². The van der Waals surface area contributed by atoms with Gasteiger partial charge in [-0.25, -0.2) is 0 Å². The zero-order valence-corrected chi connectivity index (χ0v) is 7.53. The molecule has 0 bridgehead atoms. The highest BCUT2D eigenvalue weighted by atomic mass is 16.6. The predicted molar refractivity (Wildman–Crippen MR) is 43.7 cm³/mol. The smallest absolute Gasteiger partial charge is 0.293 e. The summed E-state index contributed by atoms with van der Waals surface area (Å²) in [5.41, 5.74) is 0. The van der Waals surface area contributed by atoms with Crippen molar-refractivity contribution >= 4 is 6.47 Å². The molecule has 0 radical (unpaired) electrons. The Balaban J connectivity index is 3.32. The minimum atomic E-state index is -0.219. The summed E-state index contributed by atoms with van der Waals surface area (Å²) in [5, 5.41) is 8.54. The molecule has 0 saturated heterocycles. The maximum absolute atomic E-state index is 9.87. The lowest BCUT2D eigenvalue weighted by molar-refractivity contribution is -0.136. The molecule has 72 valence electrons. The normalized spacial score (nSPS) is 15.2. The van der Waals surface area contributed by atoms with Crippen LogP contribution in [0.3, 0.4) is 0 Å². The van der Waals surface area contributed by atoms with Crippen LogP contribution in [0.15, 0.2) is 0 Å². The van der Waals surface area contributed by atoms with Crippen molar-refractivity contribution in [3.05, 3.63) is 0 Å². The number of hydrogen-bond acceptors (Lipinski definition) is 4. The van der Waals surface area contributed by atoms with E-state index in [1.807, 2.05) is 6.92 Å². The van der Waals surface area contributed by atoms with E-state index >= 15 is 0 Å². The molecule has 4 nitrogen and oxygen atoms in total. The van der Waals surface area contributed by atoms with Crippen LogP contribution in [0.5, 0.6) is 0 Å². The van der Waals surface area contributed by atoms with Crippen LogP contribution in [0.4, 0.5) is 0 Å². The minimum Gasteiger partial charge on any atom is -0.462 e. The van der Waals surface area contributed by atoms with Gasteiger partial charge in [-0.3, -0.25) is 4.79 Å². The summed E-state index contributed by atoms with van der Waals surface area (Å²) in [6.45, 7) is 4.51. The van der Waals surface area contributed by atoms with Crippen molar-refractivity contribution < 1.29 is 19.4 Å². The molecule has 0 heterocycles. The first-order valence-electron chi connectivity index (χ1n) is 4.02. The summed E-state index contributed by atoms with van der Waals surface area (Å²) >= 11 is 0. The third-order valence-electron chi connectivity index (χ3n) is 1.44. The number of carbonyl (C=O) groups excluding carboxylic acids is 1. The molecule has 0 amide bonds. The molecule has 0 spiro atoms. The van der Waals surface area contributed by atoms with Gasteiger partial charge in [0.25, 0.3) is 6.47 Å². The fourth-order valence-corrected chi connectivity index (χ4v) is 0.699. The van der Waals surface area contributed by atoms with Crippen molar-refractivity contribution in [2.45, 2.75) is 32.5 Å². The lowest BCUT2D eigenvalue weighted by atomic mass is 10.3. The van der Waals surface area contributed by atoms with Crippen molar-refractivity contribution in [2.24, 2.45) is 0 Å². The largest absolute Gasteiger partial charge is 0.462 e.